The average molecular weight is 321 g/mol. The summed E-state index contributed by atoms with van der Waals surface area (Å²) in [6, 6.07) is 3.86. The Hall–Kier alpha value is -0.250. The fourth-order valence-corrected chi connectivity index (χ4v) is 2.30. The Kier molecular flexibility index (Phi) is 5.29. The van der Waals surface area contributed by atoms with Crippen LogP contribution in [0.15, 0.2) is 16.6 Å². The third kappa shape index (κ3) is 3.87. The molecule has 0 aromatic heterocycles. The highest BCUT2D eigenvalue weighted by Crippen LogP contribution is 2.29. The Morgan fingerprint density at radius 3 is 2.47 bits per heavy atom. The maximum atomic E-state index is 10.2. The van der Waals surface area contributed by atoms with Crippen LogP contribution in [0.1, 0.15) is 32.3 Å². The first-order chi connectivity index (χ1) is 7.91. The summed E-state index contributed by atoms with van der Waals surface area (Å²) in [5.74, 6) is 0. The molecule has 2 N–H and O–H groups in total. The van der Waals surface area contributed by atoms with Gasteiger partial charge >= 0.3 is 0 Å². The molecule has 0 aliphatic carbocycles. The second kappa shape index (κ2) is 6.07. The average Bonchev–Trinajstić information content (AvgIpc) is 2.32. The lowest BCUT2D eigenvalue weighted by Gasteiger charge is -2.26. The second-order valence-corrected chi connectivity index (χ2v) is 5.63. The van der Waals surface area contributed by atoms with Gasteiger partial charge in [-0.2, -0.15) is 0 Å². The monoisotopic (exact) mass is 319 g/mol. The highest BCUT2D eigenvalue weighted by Gasteiger charge is 2.22. The summed E-state index contributed by atoms with van der Waals surface area (Å²) in [4.78, 5) is 0. The van der Waals surface area contributed by atoms with Gasteiger partial charge in [-0.05, 0) is 53.4 Å². The molecule has 1 aromatic rings. The van der Waals surface area contributed by atoms with Gasteiger partial charge in [-0.25, -0.2) is 0 Å². The van der Waals surface area contributed by atoms with E-state index in [9.17, 15) is 5.11 Å². The Labute approximate surface area is 117 Å². The Balaban J connectivity index is 2.79. The van der Waals surface area contributed by atoms with Gasteiger partial charge < -0.3 is 10.4 Å². The van der Waals surface area contributed by atoms with E-state index in [4.69, 9.17) is 11.6 Å². The van der Waals surface area contributed by atoms with Crippen LogP contribution >= 0.6 is 27.5 Å². The van der Waals surface area contributed by atoms with E-state index >= 15 is 0 Å². The summed E-state index contributed by atoms with van der Waals surface area (Å²) in [5.41, 5.74) is 1.29. The maximum absolute atomic E-state index is 10.2. The van der Waals surface area contributed by atoms with Crippen molar-refractivity contribution in [2.45, 2.75) is 39.2 Å². The summed E-state index contributed by atoms with van der Waals surface area (Å²) in [5, 5.41) is 14.2. The molecule has 2 nitrogen and oxygen atoms in total. The summed E-state index contributed by atoms with van der Waals surface area (Å²) in [6.45, 7) is 6.47. The van der Waals surface area contributed by atoms with Crippen molar-refractivity contribution < 1.29 is 5.11 Å². The second-order valence-electron chi connectivity index (χ2n) is 4.37. The van der Waals surface area contributed by atoms with Crippen LogP contribution < -0.4 is 5.32 Å². The number of halogens is 2. The third-order valence-corrected chi connectivity index (χ3v) is 4.24. The number of hydrogen-bond donors (Lipinski definition) is 2. The van der Waals surface area contributed by atoms with Crippen molar-refractivity contribution in [3.8, 4) is 0 Å². The Bertz CT molecular complexity index is 391. The molecule has 0 amide bonds. The Morgan fingerprint density at radius 2 is 1.94 bits per heavy atom. The number of anilines is 1. The zero-order valence-corrected chi connectivity index (χ0v) is 12.8. The van der Waals surface area contributed by atoms with Gasteiger partial charge in [0.15, 0.2) is 0 Å². The van der Waals surface area contributed by atoms with Gasteiger partial charge in [0.05, 0.1) is 11.3 Å². The van der Waals surface area contributed by atoms with Crippen molar-refractivity contribution >= 4 is 33.2 Å². The standard InChI is InChI=1S/C13H19BrClNO/c1-4-13(17,5-2)8-16-12-7-11(15)9(3)6-10(12)14/h6-7,16-17H,4-5,8H2,1-3H3. The van der Waals surface area contributed by atoms with E-state index < -0.39 is 5.60 Å². The minimum atomic E-state index is -0.656. The van der Waals surface area contributed by atoms with E-state index in [1.807, 2.05) is 32.9 Å². The lowest BCUT2D eigenvalue weighted by atomic mass is 9.97. The van der Waals surface area contributed by atoms with Crippen LogP contribution in [0.5, 0.6) is 0 Å². The van der Waals surface area contributed by atoms with Gasteiger partial charge in [-0.3, -0.25) is 0 Å². The zero-order valence-electron chi connectivity index (χ0n) is 10.5. The number of nitrogens with one attached hydrogen (secondary N) is 1. The van der Waals surface area contributed by atoms with Crippen molar-refractivity contribution in [3.05, 3.63) is 27.2 Å². The molecule has 96 valence electrons. The summed E-state index contributed by atoms with van der Waals surface area (Å²) >= 11 is 9.57. The molecule has 1 aromatic carbocycles. The molecule has 0 aliphatic heterocycles. The molecule has 0 atom stereocenters. The lowest BCUT2D eigenvalue weighted by Crippen LogP contribution is -2.35. The molecule has 17 heavy (non-hydrogen) atoms. The van der Waals surface area contributed by atoms with Crippen LogP contribution in [0.3, 0.4) is 0 Å². The quantitative estimate of drug-likeness (QED) is 0.844. The highest BCUT2D eigenvalue weighted by atomic mass is 79.9. The predicted octanol–water partition coefficient (Wildman–Crippen LogP) is 4.37. The molecular formula is C13H19BrClNO. The number of benzene rings is 1. The van der Waals surface area contributed by atoms with Crippen LogP contribution in [-0.4, -0.2) is 17.3 Å². The maximum Gasteiger partial charge on any atom is 0.0814 e. The molecule has 0 heterocycles. The molecule has 0 radical (unpaired) electrons. The Morgan fingerprint density at radius 1 is 1.35 bits per heavy atom. The van der Waals surface area contributed by atoms with Crippen LogP contribution in [0, 0.1) is 6.92 Å². The molecule has 0 spiro atoms. The van der Waals surface area contributed by atoms with Gasteiger partial charge in [0, 0.05) is 16.0 Å². The molecule has 0 saturated heterocycles. The molecule has 4 heteroatoms. The molecule has 0 aliphatic rings. The normalized spacial score (nSPS) is 11.6. The SMILES string of the molecule is CCC(O)(CC)CNc1cc(Cl)c(C)cc1Br. The molecule has 0 bridgehead atoms. The van der Waals surface area contributed by atoms with Crippen molar-refractivity contribution in [2.24, 2.45) is 0 Å². The van der Waals surface area contributed by atoms with Crippen LogP contribution in [0.2, 0.25) is 5.02 Å². The third-order valence-electron chi connectivity index (χ3n) is 3.17. The molecule has 0 saturated carbocycles. The van der Waals surface area contributed by atoms with Crippen LogP contribution in [0.25, 0.3) is 0 Å². The zero-order chi connectivity index (χ0) is 13.1. The first kappa shape index (κ1) is 14.8. The molecule has 1 rings (SSSR count). The van der Waals surface area contributed by atoms with Crippen molar-refractivity contribution in [1.82, 2.24) is 0 Å². The van der Waals surface area contributed by atoms with E-state index in [2.05, 4.69) is 21.2 Å². The van der Waals surface area contributed by atoms with Gasteiger partial charge in [0.25, 0.3) is 0 Å². The number of rotatable bonds is 5. The predicted molar refractivity (Wildman–Crippen MR) is 77.9 cm³/mol. The highest BCUT2D eigenvalue weighted by molar-refractivity contribution is 9.10. The minimum absolute atomic E-state index is 0.526. The van der Waals surface area contributed by atoms with Crippen LogP contribution in [-0.2, 0) is 0 Å². The number of aryl methyl sites for hydroxylation is 1. The lowest BCUT2D eigenvalue weighted by molar-refractivity contribution is 0.0457. The largest absolute Gasteiger partial charge is 0.388 e. The fraction of sp³-hybridized carbons (Fsp3) is 0.538. The summed E-state index contributed by atoms with van der Waals surface area (Å²) in [6.07, 6.45) is 1.46. The van der Waals surface area contributed by atoms with E-state index in [1.165, 1.54) is 0 Å². The smallest absolute Gasteiger partial charge is 0.0814 e. The fourth-order valence-electron chi connectivity index (χ4n) is 1.54. The van der Waals surface area contributed by atoms with Crippen molar-refractivity contribution in [3.63, 3.8) is 0 Å². The number of aliphatic hydroxyl groups is 1. The minimum Gasteiger partial charge on any atom is -0.388 e. The molecular weight excluding hydrogens is 302 g/mol. The van der Waals surface area contributed by atoms with Gasteiger partial charge in [-0.1, -0.05) is 25.4 Å². The molecule has 0 fully saturated rings. The van der Waals surface area contributed by atoms with Gasteiger partial charge in [0.2, 0.25) is 0 Å². The van der Waals surface area contributed by atoms with Crippen molar-refractivity contribution in [1.29, 1.82) is 0 Å². The van der Waals surface area contributed by atoms with E-state index in [-0.39, 0.29) is 0 Å². The number of hydrogen-bond acceptors (Lipinski definition) is 2. The van der Waals surface area contributed by atoms with E-state index in [1.54, 1.807) is 0 Å². The van der Waals surface area contributed by atoms with E-state index in [0.29, 0.717) is 6.54 Å². The summed E-state index contributed by atoms with van der Waals surface area (Å²) in [7, 11) is 0. The summed E-state index contributed by atoms with van der Waals surface area (Å²) < 4.78 is 0.967. The topological polar surface area (TPSA) is 32.3 Å². The van der Waals surface area contributed by atoms with Crippen LogP contribution in [0.4, 0.5) is 5.69 Å². The first-order valence-electron chi connectivity index (χ1n) is 5.83. The van der Waals surface area contributed by atoms with Crippen molar-refractivity contribution in [2.75, 3.05) is 11.9 Å². The van der Waals surface area contributed by atoms with Gasteiger partial charge in [-0.15, -0.1) is 0 Å². The van der Waals surface area contributed by atoms with Gasteiger partial charge in [0.1, 0.15) is 0 Å². The van der Waals surface area contributed by atoms with E-state index in [0.717, 1.165) is 33.6 Å². The molecule has 0 unspecified atom stereocenters. The first-order valence-corrected chi connectivity index (χ1v) is 7.01.